The van der Waals surface area contributed by atoms with Crippen molar-refractivity contribution in [1.29, 1.82) is 0 Å². The van der Waals surface area contributed by atoms with E-state index in [4.69, 9.17) is 4.74 Å². The van der Waals surface area contributed by atoms with E-state index in [0.29, 0.717) is 12.5 Å². The predicted molar refractivity (Wildman–Crippen MR) is 59.9 cm³/mol. The van der Waals surface area contributed by atoms with E-state index in [-0.39, 0.29) is 0 Å². The van der Waals surface area contributed by atoms with Crippen LogP contribution in [0.3, 0.4) is 0 Å². The van der Waals surface area contributed by atoms with Crippen molar-refractivity contribution >= 4 is 0 Å². The van der Waals surface area contributed by atoms with Crippen LogP contribution < -0.4 is 10.9 Å². The number of hydrazine groups is 1. The Morgan fingerprint density at radius 1 is 1.60 bits per heavy atom. The largest absolute Gasteiger partial charge is 0.355 e. The van der Waals surface area contributed by atoms with Crippen LogP contribution in [0.1, 0.15) is 32.6 Å². The smallest absolute Gasteiger partial charge is 0.226 e. The quantitative estimate of drug-likeness (QED) is 0.257. The highest BCUT2D eigenvalue weighted by Crippen LogP contribution is 2.17. The lowest BCUT2D eigenvalue weighted by Crippen LogP contribution is -2.43. The average molecular weight is 214 g/mol. The molecule has 0 spiro atoms. The molecule has 0 aromatic heterocycles. The Morgan fingerprint density at radius 2 is 2.47 bits per heavy atom. The van der Waals surface area contributed by atoms with Crippen LogP contribution in [0.2, 0.25) is 0 Å². The molecule has 3 N–H and O–H groups in total. The van der Waals surface area contributed by atoms with Gasteiger partial charge in [-0.3, -0.25) is 5.43 Å². The highest BCUT2D eigenvalue weighted by molar-refractivity contribution is 4.92. The van der Waals surface area contributed by atoms with Gasteiger partial charge in [0.05, 0.1) is 6.61 Å². The predicted octanol–water partition coefficient (Wildman–Crippen LogP) is 1.14. The van der Waals surface area contributed by atoms with Crippen LogP contribution in [-0.2, 0) is 4.74 Å². The number of ether oxygens (including phenoxy) is 1. The molecule has 0 saturated heterocycles. The summed E-state index contributed by atoms with van der Waals surface area (Å²) in [5.41, 5.74) is 5.56. The molecule has 4 heteroatoms. The number of allylic oxidation sites excluding steroid dienone is 1. The molecule has 4 nitrogen and oxygen atoms in total. The van der Waals surface area contributed by atoms with Gasteiger partial charge in [0, 0.05) is 12.5 Å². The van der Waals surface area contributed by atoms with Gasteiger partial charge in [-0.2, -0.15) is 0 Å². The van der Waals surface area contributed by atoms with Gasteiger partial charge in [-0.05, 0) is 25.7 Å². The zero-order chi connectivity index (χ0) is 10.9. The van der Waals surface area contributed by atoms with E-state index in [2.05, 4.69) is 29.9 Å². The maximum Gasteiger partial charge on any atom is 0.226 e. The number of rotatable bonds is 7. The first-order valence-corrected chi connectivity index (χ1v) is 5.77. The van der Waals surface area contributed by atoms with Gasteiger partial charge >= 0.3 is 0 Å². The van der Waals surface area contributed by atoms with Crippen LogP contribution in [-0.4, -0.2) is 24.7 Å². The highest BCUT2D eigenvalue weighted by atomic mass is 16.6. The molecule has 0 fully saturated rings. The number of aliphatic hydroxyl groups is 1. The third-order valence-corrected chi connectivity index (χ3v) is 2.42. The van der Waals surface area contributed by atoms with Gasteiger partial charge in [0.25, 0.3) is 0 Å². The maximum absolute atomic E-state index is 9.39. The number of nitrogens with one attached hydrogen (secondary N) is 2. The lowest BCUT2D eigenvalue weighted by Gasteiger charge is -2.19. The van der Waals surface area contributed by atoms with Crippen LogP contribution in [0.4, 0.5) is 0 Å². The third kappa shape index (κ3) is 5.89. The summed E-state index contributed by atoms with van der Waals surface area (Å²) >= 11 is 0. The summed E-state index contributed by atoms with van der Waals surface area (Å²) in [6.07, 6.45) is 8.03. The van der Waals surface area contributed by atoms with E-state index >= 15 is 0 Å². The van der Waals surface area contributed by atoms with Gasteiger partial charge < -0.3 is 9.84 Å². The van der Waals surface area contributed by atoms with Crippen molar-refractivity contribution in [2.75, 3.05) is 13.2 Å². The summed E-state index contributed by atoms with van der Waals surface area (Å²) in [5, 5.41) is 9.39. The normalized spacial score (nSPS) is 22.9. The Morgan fingerprint density at radius 3 is 3.13 bits per heavy atom. The average Bonchev–Trinajstić information content (AvgIpc) is 2.28. The van der Waals surface area contributed by atoms with E-state index in [1.165, 1.54) is 12.8 Å². The van der Waals surface area contributed by atoms with Crippen molar-refractivity contribution < 1.29 is 9.84 Å². The van der Waals surface area contributed by atoms with E-state index in [1.54, 1.807) is 0 Å². The van der Waals surface area contributed by atoms with Gasteiger partial charge in [0.2, 0.25) is 6.41 Å². The van der Waals surface area contributed by atoms with E-state index in [9.17, 15) is 5.11 Å². The van der Waals surface area contributed by atoms with Crippen molar-refractivity contribution in [2.24, 2.45) is 5.92 Å². The van der Waals surface area contributed by atoms with Gasteiger partial charge in [-0.1, -0.05) is 19.1 Å². The molecule has 1 unspecified atom stereocenters. The van der Waals surface area contributed by atoms with Gasteiger partial charge in [0.1, 0.15) is 0 Å². The minimum Gasteiger partial charge on any atom is -0.355 e. The highest BCUT2D eigenvalue weighted by Gasteiger charge is 2.10. The Balaban J connectivity index is 2.02. The topological polar surface area (TPSA) is 53.5 Å². The summed E-state index contributed by atoms with van der Waals surface area (Å²) in [6, 6.07) is 0. The number of hydrogen-bond acceptors (Lipinski definition) is 4. The molecular weight excluding hydrogens is 192 g/mol. The second kappa shape index (κ2) is 7.82. The SMILES string of the molecule is CCCNNC(O)OC[C@H]1C=CCCC1. The van der Waals surface area contributed by atoms with E-state index < -0.39 is 6.41 Å². The minimum atomic E-state index is -0.910. The minimum absolute atomic E-state index is 0.460. The van der Waals surface area contributed by atoms with Crippen LogP contribution in [0.25, 0.3) is 0 Å². The molecular formula is C11H22N2O2. The molecule has 1 rings (SSSR count). The molecule has 0 heterocycles. The van der Waals surface area contributed by atoms with Crippen LogP contribution in [0.15, 0.2) is 12.2 Å². The van der Waals surface area contributed by atoms with Crippen molar-refractivity contribution in [2.45, 2.75) is 39.0 Å². The molecule has 2 atom stereocenters. The molecule has 88 valence electrons. The lowest BCUT2D eigenvalue weighted by atomic mass is 9.97. The summed E-state index contributed by atoms with van der Waals surface area (Å²) < 4.78 is 5.26. The van der Waals surface area contributed by atoms with Gasteiger partial charge in [-0.15, -0.1) is 0 Å². The maximum atomic E-state index is 9.39. The lowest BCUT2D eigenvalue weighted by molar-refractivity contribution is -0.134. The monoisotopic (exact) mass is 214 g/mol. The molecule has 1 aliphatic carbocycles. The second-order valence-electron chi connectivity index (χ2n) is 3.88. The molecule has 0 aromatic rings. The summed E-state index contributed by atoms with van der Waals surface area (Å²) in [4.78, 5) is 0. The van der Waals surface area contributed by atoms with Crippen molar-refractivity contribution in [3.05, 3.63) is 12.2 Å². The first-order valence-electron chi connectivity index (χ1n) is 5.77. The fourth-order valence-electron chi connectivity index (χ4n) is 1.56. The molecule has 1 aliphatic rings. The zero-order valence-corrected chi connectivity index (χ0v) is 9.41. The number of aliphatic hydroxyl groups excluding tert-OH is 1. The molecule has 0 saturated carbocycles. The third-order valence-electron chi connectivity index (χ3n) is 2.42. The Hall–Kier alpha value is -0.420. The summed E-state index contributed by atoms with van der Waals surface area (Å²) in [7, 11) is 0. The molecule has 0 bridgehead atoms. The second-order valence-corrected chi connectivity index (χ2v) is 3.88. The standard InChI is InChI=1S/C11H22N2O2/c1-2-8-12-13-11(14)15-9-10-6-4-3-5-7-10/h4,6,10-14H,2-3,5,7-9H2,1H3/t10-,11?/m0/s1. The van der Waals surface area contributed by atoms with Crippen molar-refractivity contribution in [3.8, 4) is 0 Å². The van der Waals surface area contributed by atoms with E-state index in [1.807, 2.05) is 0 Å². The van der Waals surface area contributed by atoms with Crippen molar-refractivity contribution in [3.63, 3.8) is 0 Å². The Kier molecular flexibility index (Phi) is 6.59. The molecule has 0 aromatic carbocycles. The van der Waals surface area contributed by atoms with E-state index in [0.717, 1.165) is 19.4 Å². The van der Waals surface area contributed by atoms with Crippen LogP contribution in [0.5, 0.6) is 0 Å². The zero-order valence-electron chi connectivity index (χ0n) is 9.41. The number of hydrogen-bond donors (Lipinski definition) is 3. The van der Waals surface area contributed by atoms with Crippen LogP contribution >= 0.6 is 0 Å². The molecule has 0 aliphatic heterocycles. The van der Waals surface area contributed by atoms with Gasteiger partial charge in [0.15, 0.2) is 0 Å². The Bertz CT molecular complexity index is 185. The van der Waals surface area contributed by atoms with Crippen LogP contribution in [0, 0.1) is 5.92 Å². The summed E-state index contributed by atoms with van der Waals surface area (Å²) in [6.45, 7) is 3.47. The Labute approximate surface area is 91.7 Å². The molecule has 0 radical (unpaired) electrons. The fraction of sp³-hybridized carbons (Fsp3) is 0.818. The van der Waals surface area contributed by atoms with Gasteiger partial charge in [-0.25, -0.2) is 5.43 Å². The summed E-state index contributed by atoms with van der Waals surface area (Å²) in [5.74, 6) is 0.460. The van der Waals surface area contributed by atoms with Crippen molar-refractivity contribution in [1.82, 2.24) is 10.9 Å². The first kappa shape index (κ1) is 12.6. The fourth-order valence-corrected chi connectivity index (χ4v) is 1.56. The molecule has 0 amide bonds. The molecule has 15 heavy (non-hydrogen) atoms. The first-order chi connectivity index (χ1) is 7.33.